The zero-order valence-corrected chi connectivity index (χ0v) is 15.5. The summed E-state index contributed by atoms with van der Waals surface area (Å²) in [5, 5.41) is 7.29. The van der Waals surface area contributed by atoms with E-state index in [4.69, 9.17) is 11.6 Å². The molecule has 1 aliphatic carbocycles. The number of pyridine rings is 1. The molecular formula is C19H16ClN5O3. The van der Waals surface area contributed by atoms with Gasteiger partial charge in [-0.3, -0.25) is 19.1 Å². The zero-order chi connectivity index (χ0) is 19.7. The Morgan fingerprint density at radius 3 is 2.57 bits per heavy atom. The van der Waals surface area contributed by atoms with Crippen LogP contribution in [0.5, 0.6) is 0 Å². The van der Waals surface area contributed by atoms with Crippen molar-refractivity contribution in [1.29, 1.82) is 0 Å². The standard InChI is InChI=1S/C19H16ClN5O3/c20-13-3-7-15(8-4-13)25-19(28)24(11-12-2-1-9-21-10-12)18(27)16(23-25)17(26)22-14-5-6-14/h1-4,7-10,14H,5-6,11H2,(H,22,26). The number of nitrogens with zero attached hydrogens (tertiary/aromatic N) is 4. The lowest BCUT2D eigenvalue weighted by molar-refractivity contribution is 0.0941. The third kappa shape index (κ3) is 3.72. The number of aromatic nitrogens is 4. The Hall–Kier alpha value is -3.26. The fourth-order valence-corrected chi connectivity index (χ4v) is 2.83. The van der Waals surface area contributed by atoms with Crippen LogP contribution in [0.15, 0.2) is 58.4 Å². The molecule has 1 amide bonds. The van der Waals surface area contributed by atoms with E-state index in [1.54, 1.807) is 48.8 Å². The smallest absolute Gasteiger partial charge is 0.348 e. The van der Waals surface area contributed by atoms with Crippen molar-refractivity contribution in [3.8, 4) is 5.69 Å². The van der Waals surface area contributed by atoms with Crippen molar-refractivity contribution in [2.24, 2.45) is 0 Å². The van der Waals surface area contributed by atoms with E-state index in [-0.39, 0.29) is 18.3 Å². The summed E-state index contributed by atoms with van der Waals surface area (Å²) in [5.41, 5.74) is -0.666. The van der Waals surface area contributed by atoms with Crippen molar-refractivity contribution < 1.29 is 4.79 Å². The van der Waals surface area contributed by atoms with Gasteiger partial charge >= 0.3 is 5.69 Å². The zero-order valence-electron chi connectivity index (χ0n) is 14.7. The minimum atomic E-state index is -0.739. The van der Waals surface area contributed by atoms with E-state index in [9.17, 15) is 14.4 Å². The average Bonchev–Trinajstić information content (AvgIpc) is 3.51. The Labute approximate surface area is 164 Å². The fourth-order valence-electron chi connectivity index (χ4n) is 2.70. The molecule has 1 fully saturated rings. The molecule has 0 aliphatic heterocycles. The van der Waals surface area contributed by atoms with E-state index in [0.717, 1.165) is 22.1 Å². The molecule has 1 N–H and O–H groups in total. The van der Waals surface area contributed by atoms with E-state index in [1.165, 1.54) is 0 Å². The van der Waals surface area contributed by atoms with Gasteiger partial charge in [0.1, 0.15) is 0 Å². The van der Waals surface area contributed by atoms with Gasteiger partial charge < -0.3 is 5.32 Å². The topological polar surface area (TPSA) is 98.9 Å². The van der Waals surface area contributed by atoms with Gasteiger partial charge in [0.05, 0.1) is 12.2 Å². The summed E-state index contributed by atoms with van der Waals surface area (Å²) < 4.78 is 2.02. The third-order valence-corrected chi connectivity index (χ3v) is 4.57. The maximum absolute atomic E-state index is 13.0. The van der Waals surface area contributed by atoms with Crippen LogP contribution < -0.4 is 16.6 Å². The van der Waals surface area contributed by atoms with Gasteiger partial charge in [0.2, 0.25) is 5.69 Å². The highest BCUT2D eigenvalue weighted by atomic mass is 35.5. The highest BCUT2D eigenvalue weighted by Crippen LogP contribution is 2.18. The summed E-state index contributed by atoms with van der Waals surface area (Å²) in [4.78, 5) is 42.4. The molecule has 0 bridgehead atoms. The molecule has 0 radical (unpaired) electrons. The van der Waals surface area contributed by atoms with Crippen molar-refractivity contribution >= 4 is 17.5 Å². The number of amides is 1. The molecule has 0 saturated heterocycles. The van der Waals surface area contributed by atoms with Crippen LogP contribution in [-0.2, 0) is 6.54 Å². The second-order valence-corrected chi connectivity index (χ2v) is 6.96. The molecule has 28 heavy (non-hydrogen) atoms. The normalized spacial score (nSPS) is 13.3. The second kappa shape index (κ2) is 7.40. The molecule has 3 aromatic rings. The van der Waals surface area contributed by atoms with Crippen molar-refractivity contribution in [3.63, 3.8) is 0 Å². The largest absolute Gasteiger partial charge is 0.352 e. The first-order valence-electron chi connectivity index (χ1n) is 8.73. The average molecular weight is 398 g/mol. The number of hydrogen-bond donors (Lipinski definition) is 1. The highest BCUT2D eigenvalue weighted by molar-refractivity contribution is 6.30. The van der Waals surface area contributed by atoms with Crippen molar-refractivity contribution in [1.82, 2.24) is 24.6 Å². The van der Waals surface area contributed by atoms with Gasteiger partial charge in [-0.25, -0.2) is 4.79 Å². The number of halogens is 1. The summed E-state index contributed by atoms with van der Waals surface area (Å²) in [7, 11) is 0. The molecule has 4 rings (SSSR count). The van der Waals surface area contributed by atoms with E-state index in [0.29, 0.717) is 16.3 Å². The number of carbonyl (C=O) groups excluding carboxylic acids is 1. The quantitative estimate of drug-likeness (QED) is 0.701. The first kappa shape index (κ1) is 18.1. The fraction of sp³-hybridized carbons (Fsp3) is 0.211. The molecule has 8 nitrogen and oxygen atoms in total. The third-order valence-electron chi connectivity index (χ3n) is 4.32. The Kier molecular flexibility index (Phi) is 4.79. The van der Waals surface area contributed by atoms with Crippen LogP contribution >= 0.6 is 11.6 Å². The maximum atomic E-state index is 13.0. The first-order chi connectivity index (χ1) is 13.5. The molecule has 1 aromatic carbocycles. The van der Waals surface area contributed by atoms with Gasteiger partial charge in [0, 0.05) is 23.5 Å². The number of nitrogens with one attached hydrogen (secondary N) is 1. The predicted molar refractivity (Wildman–Crippen MR) is 103 cm³/mol. The SMILES string of the molecule is O=C(NC1CC1)c1nn(-c2ccc(Cl)cc2)c(=O)n(Cc2cccnc2)c1=O. The number of rotatable bonds is 5. The van der Waals surface area contributed by atoms with Crippen LogP contribution in [-0.4, -0.2) is 31.3 Å². The van der Waals surface area contributed by atoms with Gasteiger partial charge in [-0.2, -0.15) is 9.78 Å². The molecule has 1 saturated carbocycles. The van der Waals surface area contributed by atoms with Gasteiger partial charge in [0.25, 0.3) is 11.5 Å². The lowest BCUT2D eigenvalue weighted by Crippen LogP contribution is -2.46. The van der Waals surface area contributed by atoms with E-state index >= 15 is 0 Å². The van der Waals surface area contributed by atoms with Gasteiger partial charge in [-0.05, 0) is 48.7 Å². The monoisotopic (exact) mass is 397 g/mol. The van der Waals surface area contributed by atoms with E-state index in [2.05, 4.69) is 15.4 Å². The number of benzene rings is 1. The lowest BCUT2D eigenvalue weighted by Gasteiger charge is -2.12. The minimum absolute atomic E-state index is 0.0225. The van der Waals surface area contributed by atoms with Crippen molar-refractivity contribution in [3.05, 3.63) is 85.9 Å². The van der Waals surface area contributed by atoms with Gasteiger partial charge in [-0.15, -0.1) is 0 Å². The molecule has 0 spiro atoms. The molecule has 0 unspecified atom stereocenters. The number of hydrogen-bond acceptors (Lipinski definition) is 5. The molecule has 2 aromatic heterocycles. The summed E-state index contributed by atoms with van der Waals surface area (Å²) in [6.45, 7) is -0.0225. The Balaban J connectivity index is 1.86. The summed E-state index contributed by atoms with van der Waals surface area (Å²) in [5.74, 6) is -0.588. The van der Waals surface area contributed by atoms with E-state index in [1.807, 2.05) is 0 Å². The predicted octanol–water partition coefficient (Wildman–Crippen LogP) is 1.38. The van der Waals surface area contributed by atoms with Crippen LogP contribution in [0.3, 0.4) is 0 Å². The first-order valence-corrected chi connectivity index (χ1v) is 9.10. The van der Waals surface area contributed by atoms with Crippen LogP contribution in [0.4, 0.5) is 0 Å². The molecule has 0 atom stereocenters. The molecule has 2 heterocycles. The molecule has 142 valence electrons. The van der Waals surface area contributed by atoms with Gasteiger partial charge in [0.15, 0.2) is 0 Å². The van der Waals surface area contributed by atoms with Crippen molar-refractivity contribution in [2.45, 2.75) is 25.4 Å². The lowest BCUT2D eigenvalue weighted by atomic mass is 10.3. The van der Waals surface area contributed by atoms with Gasteiger partial charge in [-0.1, -0.05) is 17.7 Å². The van der Waals surface area contributed by atoms with Crippen LogP contribution in [0.1, 0.15) is 28.9 Å². The van der Waals surface area contributed by atoms with E-state index < -0.39 is 17.2 Å². The summed E-state index contributed by atoms with van der Waals surface area (Å²) >= 11 is 5.91. The Bertz CT molecular complexity index is 1130. The molecule has 1 aliphatic rings. The van der Waals surface area contributed by atoms with Crippen molar-refractivity contribution in [2.75, 3.05) is 0 Å². The van der Waals surface area contributed by atoms with Crippen LogP contribution in [0.25, 0.3) is 5.69 Å². The van der Waals surface area contributed by atoms with Crippen LogP contribution in [0, 0.1) is 0 Å². The Morgan fingerprint density at radius 1 is 1.18 bits per heavy atom. The maximum Gasteiger partial charge on any atom is 0.352 e. The van der Waals surface area contributed by atoms with Crippen LogP contribution in [0.2, 0.25) is 5.02 Å². The summed E-state index contributed by atoms with van der Waals surface area (Å²) in [6, 6.07) is 9.90. The summed E-state index contributed by atoms with van der Waals surface area (Å²) in [6.07, 6.45) is 4.89. The highest BCUT2D eigenvalue weighted by Gasteiger charge is 2.27. The molecular weight excluding hydrogens is 382 g/mol. The molecule has 9 heteroatoms. The Morgan fingerprint density at radius 2 is 1.93 bits per heavy atom. The minimum Gasteiger partial charge on any atom is -0.348 e. The number of carbonyl (C=O) groups is 1. The second-order valence-electron chi connectivity index (χ2n) is 6.52.